The summed E-state index contributed by atoms with van der Waals surface area (Å²) in [5.74, 6) is -0.181. The van der Waals surface area contributed by atoms with Gasteiger partial charge < -0.3 is 10.3 Å². The number of H-pyrrole nitrogens is 1. The lowest BCUT2D eigenvalue weighted by Gasteiger charge is -2.27. The Hall–Kier alpha value is -1.10. The van der Waals surface area contributed by atoms with E-state index in [9.17, 15) is 9.59 Å². The molecule has 1 amide bonds. The first kappa shape index (κ1) is 13.0. The fourth-order valence-electron chi connectivity index (χ4n) is 1.11. The third kappa shape index (κ3) is 3.20. The smallest absolute Gasteiger partial charge is 0.253 e. The Morgan fingerprint density at radius 1 is 1.56 bits per heavy atom. The quantitative estimate of drug-likeness (QED) is 0.827. The molecule has 0 aliphatic heterocycles. The minimum absolute atomic E-state index is 0.181. The first-order valence-corrected chi connectivity index (χ1v) is 6.20. The highest BCUT2D eigenvalue weighted by molar-refractivity contribution is 9.09. The number of rotatable bonds is 4. The number of amides is 1. The number of pyridine rings is 1. The van der Waals surface area contributed by atoms with E-state index in [2.05, 4.69) is 26.2 Å². The summed E-state index contributed by atoms with van der Waals surface area (Å²) < 4.78 is 0. The average molecular weight is 287 g/mol. The van der Waals surface area contributed by atoms with Crippen molar-refractivity contribution in [3.8, 4) is 0 Å². The van der Waals surface area contributed by atoms with Crippen molar-refractivity contribution in [1.82, 2.24) is 10.3 Å². The van der Waals surface area contributed by atoms with E-state index in [1.807, 2.05) is 13.8 Å². The van der Waals surface area contributed by atoms with Crippen LogP contribution in [0.1, 0.15) is 30.6 Å². The van der Waals surface area contributed by atoms with E-state index in [0.717, 1.165) is 6.42 Å². The SMILES string of the molecule is CCC(C)(CBr)NC(=O)c1ccc(=O)[nH]c1. The van der Waals surface area contributed by atoms with Crippen LogP contribution < -0.4 is 10.9 Å². The van der Waals surface area contributed by atoms with Crippen molar-refractivity contribution in [1.29, 1.82) is 0 Å². The van der Waals surface area contributed by atoms with Gasteiger partial charge in [-0.15, -0.1) is 0 Å². The minimum atomic E-state index is -0.271. The molecule has 1 heterocycles. The van der Waals surface area contributed by atoms with Crippen molar-refractivity contribution in [2.75, 3.05) is 5.33 Å². The van der Waals surface area contributed by atoms with Crippen LogP contribution in [0.5, 0.6) is 0 Å². The van der Waals surface area contributed by atoms with Crippen LogP contribution in [-0.4, -0.2) is 21.8 Å². The van der Waals surface area contributed by atoms with Gasteiger partial charge in [0.05, 0.1) is 5.56 Å². The molecule has 1 rings (SSSR count). The van der Waals surface area contributed by atoms with Gasteiger partial charge in [0.25, 0.3) is 5.91 Å². The van der Waals surface area contributed by atoms with Crippen molar-refractivity contribution < 1.29 is 4.79 Å². The summed E-state index contributed by atoms with van der Waals surface area (Å²) in [6.07, 6.45) is 2.25. The molecule has 1 atom stereocenters. The monoisotopic (exact) mass is 286 g/mol. The molecule has 88 valence electrons. The second kappa shape index (κ2) is 5.30. The van der Waals surface area contributed by atoms with Gasteiger partial charge in [0.1, 0.15) is 0 Å². The molecule has 0 radical (unpaired) electrons. The van der Waals surface area contributed by atoms with Crippen LogP contribution in [0.2, 0.25) is 0 Å². The highest BCUT2D eigenvalue weighted by Crippen LogP contribution is 2.13. The Balaban J connectivity index is 2.80. The Kier molecular flexibility index (Phi) is 4.29. The van der Waals surface area contributed by atoms with E-state index < -0.39 is 0 Å². The minimum Gasteiger partial charge on any atom is -0.346 e. The third-order valence-electron chi connectivity index (χ3n) is 2.54. The Morgan fingerprint density at radius 3 is 2.69 bits per heavy atom. The van der Waals surface area contributed by atoms with Crippen LogP contribution in [0.3, 0.4) is 0 Å². The molecule has 0 saturated heterocycles. The predicted octanol–water partition coefficient (Wildman–Crippen LogP) is 1.67. The molecule has 0 fully saturated rings. The Morgan fingerprint density at radius 2 is 2.25 bits per heavy atom. The second-order valence-electron chi connectivity index (χ2n) is 3.94. The van der Waals surface area contributed by atoms with E-state index in [0.29, 0.717) is 10.9 Å². The summed E-state index contributed by atoms with van der Waals surface area (Å²) in [5, 5.41) is 3.61. The zero-order chi connectivity index (χ0) is 12.2. The molecule has 0 saturated carbocycles. The van der Waals surface area contributed by atoms with Crippen LogP contribution in [0.15, 0.2) is 23.1 Å². The Bertz CT molecular complexity index is 404. The van der Waals surface area contributed by atoms with E-state index in [1.54, 1.807) is 0 Å². The molecule has 4 nitrogen and oxygen atoms in total. The molecule has 1 unspecified atom stereocenters. The van der Waals surface area contributed by atoms with Crippen molar-refractivity contribution in [2.24, 2.45) is 0 Å². The number of carbonyl (C=O) groups excluding carboxylic acids is 1. The van der Waals surface area contributed by atoms with Crippen LogP contribution in [0.4, 0.5) is 0 Å². The van der Waals surface area contributed by atoms with Crippen molar-refractivity contribution in [3.05, 3.63) is 34.2 Å². The van der Waals surface area contributed by atoms with Crippen LogP contribution in [0.25, 0.3) is 0 Å². The first-order chi connectivity index (χ1) is 7.50. The summed E-state index contributed by atoms with van der Waals surface area (Å²) >= 11 is 3.37. The number of carbonyl (C=O) groups is 1. The van der Waals surface area contributed by atoms with E-state index in [-0.39, 0.29) is 17.0 Å². The number of aromatic nitrogens is 1. The molecule has 1 aromatic heterocycles. The molecular weight excluding hydrogens is 272 g/mol. The lowest BCUT2D eigenvalue weighted by atomic mass is 10.0. The average Bonchev–Trinajstić information content (AvgIpc) is 2.29. The first-order valence-electron chi connectivity index (χ1n) is 5.08. The lowest BCUT2D eigenvalue weighted by Crippen LogP contribution is -2.47. The maximum Gasteiger partial charge on any atom is 0.253 e. The van der Waals surface area contributed by atoms with Gasteiger partial charge in [-0.05, 0) is 19.4 Å². The zero-order valence-electron chi connectivity index (χ0n) is 9.34. The van der Waals surface area contributed by atoms with Gasteiger partial charge in [0.2, 0.25) is 5.56 Å². The number of halogens is 1. The van der Waals surface area contributed by atoms with Crippen molar-refractivity contribution in [3.63, 3.8) is 0 Å². The number of hydrogen-bond donors (Lipinski definition) is 2. The number of hydrogen-bond acceptors (Lipinski definition) is 2. The molecule has 2 N–H and O–H groups in total. The second-order valence-corrected chi connectivity index (χ2v) is 4.50. The summed E-state index contributed by atoms with van der Waals surface area (Å²) in [6, 6.07) is 2.85. The normalized spacial score (nSPS) is 14.2. The van der Waals surface area contributed by atoms with Crippen LogP contribution >= 0.6 is 15.9 Å². The van der Waals surface area contributed by atoms with Crippen LogP contribution in [0, 0.1) is 0 Å². The van der Waals surface area contributed by atoms with E-state index >= 15 is 0 Å². The van der Waals surface area contributed by atoms with Gasteiger partial charge in [-0.2, -0.15) is 0 Å². The highest BCUT2D eigenvalue weighted by Gasteiger charge is 2.23. The molecule has 0 aromatic carbocycles. The largest absolute Gasteiger partial charge is 0.346 e. The van der Waals surface area contributed by atoms with Gasteiger partial charge in [-0.3, -0.25) is 9.59 Å². The van der Waals surface area contributed by atoms with Gasteiger partial charge >= 0.3 is 0 Å². The fraction of sp³-hybridized carbons (Fsp3) is 0.455. The summed E-state index contributed by atoms with van der Waals surface area (Å²) in [5.41, 5.74) is -0.0248. The molecular formula is C11H15BrN2O2. The van der Waals surface area contributed by atoms with Gasteiger partial charge in [0.15, 0.2) is 0 Å². The molecule has 0 spiro atoms. The summed E-state index contributed by atoms with van der Waals surface area (Å²) in [4.78, 5) is 25.2. The number of alkyl halides is 1. The maximum atomic E-state index is 11.8. The maximum absolute atomic E-state index is 11.8. The molecule has 0 bridgehead atoms. The van der Waals surface area contributed by atoms with Crippen molar-refractivity contribution >= 4 is 21.8 Å². The van der Waals surface area contributed by atoms with Gasteiger partial charge in [0, 0.05) is 23.1 Å². The molecule has 1 aromatic rings. The van der Waals surface area contributed by atoms with E-state index in [4.69, 9.17) is 0 Å². The lowest BCUT2D eigenvalue weighted by molar-refractivity contribution is 0.0913. The molecule has 0 aliphatic rings. The molecule has 5 heteroatoms. The topological polar surface area (TPSA) is 62.0 Å². The standard InChI is InChI=1S/C11H15BrN2O2/c1-3-11(2,7-12)14-10(16)8-4-5-9(15)13-6-8/h4-6H,3,7H2,1-2H3,(H,13,15)(H,14,16). The third-order valence-corrected chi connectivity index (χ3v) is 3.77. The Labute approximate surface area is 103 Å². The summed E-state index contributed by atoms with van der Waals surface area (Å²) in [6.45, 7) is 3.97. The molecule has 16 heavy (non-hydrogen) atoms. The van der Waals surface area contributed by atoms with Gasteiger partial charge in [-0.1, -0.05) is 22.9 Å². The van der Waals surface area contributed by atoms with Gasteiger partial charge in [-0.25, -0.2) is 0 Å². The number of nitrogens with one attached hydrogen (secondary N) is 2. The van der Waals surface area contributed by atoms with Crippen LogP contribution in [-0.2, 0) is 0 Å². The molecule has 0 aliphatic carbocycles. The number of aromatic amines is 1. The highest BCUT2D eigenvalue weighted by atomic mass is 79.9. The zero-order valence-corrected chi connectivity index (χ0v) is 10.9. The fourth-order valence-corrected chi connectivity index (χ4v) is 1.65. The van der Waals surface area contributed by atoms with Crippen molar-refractivity contribution in [2.45, 2.75) is 25.8 Å². The van der Waals surface area contributed by atoms with E-state index in [1.165, 1.54) is 18.3 Å². The predicted molar refractivity (Wildman–Crippen MR) is 67.0 cm³/mol. The summed E-state index contributed by atoms with van der Waals surface area (Å²) in [7, 11) is 0.